The molecule has 0 radical (unpaired) electrons. The summed E-state index contributed by atoms with van der Waals surface area (Å²) in [6.07, 6.45) is 1.48. The predicted molar refractivity (Wildman–Crippen MR) is 113 cm³/mol. The monoisotopic (exact) mass is 358 g/mol. The molecule has 1 atom stereocenters. The second-order valence-electron chi connectivity index (χ2n) is 7.38. The first-order valence-electron chi connectivity index (χ1n) is 9.28. The summed E-state index contributed by atoms with van der Waals surface area (Å²) in [6.45, 7) is 4.85. The van der Waals surface area contributed by atoms with Gasteiger partial charge >= 0.3 is 0 Å². The first-order chi connectivity index (χ1) is 12.6. The normalized spacial score (nSPS) is 12.5. The minimum atomic E-state index is -1.77. The molecule has 0 bridgehead atoms. The summed E-state index contributed by atoms with van der Waals surface area (Å²) in [5, 5.41) is 1.45. The van der Waals surface area contributed by atoms with Crippen molar-refractivity contribution >= 4 is 19.0 Å². The van der Waals surface area contributed by atoms with Crippen LogP contribution in [0.25, 0.3) is 0 Å². The third-order valence-electron chi connectivity index (χ3n) is 5.35. The number of benzene rings is 3. The molecular weight excluding hydrogens is 332 g/mol. The molecule has 0 heterocycles. The number of hydrogen-bond acceptors (Lipinski definition) is 1. The molecule has 0 aliphatic rings. The van der Waals surface area contributed by atoms with Crippen LogP contribution in [0.5, 0.6) is 0 Å². The molecule has 0 spiro atoms. The standard InChI is InChI=1S/C24H26OSi/c1-26(2,22-16-10-5-11-17-22)24(21-14-8-4-9-15-21)19-18-23(25)20-12-6-3-7-13-20/h3-17,24H,18-19H2,1-2H3. The van der Waals surface area contributed by atoms with E-state index in [1.165, 1.54) is 10.8 Å². The SMILES string of the molecule is C[Si](C)(c1ccccc1)C(CCC(=O)c1ccccc1)c1ccccc1. The van der Waals surface area contributed by atoms with Crippen LogP contribution in [0.15, 0.2) is 91.0 Å². The van der Waals surface area contributed by atoms with Gasteiger partial charge in [-0.05, 0) is 17.5 Å². The third-order valence-corrected chi connectivity index (χ3v) is 9.53. The van der Waals surface area contributed by atoms with Gasteiger partial charge in [-0.2, -0.15) is 0 Å². The Balaban J connectivity index is 1.86. The van der Waals surface area contributed by atoms with E-state index >= 15 is 0 Å². The van der Waals surface area contributed by atoms with Crippen molar-refractivity contribution in [1.29, 1.82) is 0 Å². The molecule has 0 saturated carbocycles. The van der Waals surface area contributed by atoms with E-state index in [9.17, 15) is 4.79 Å². The number of carbonyl (C=O) groups is 1. The third kappa shape index (κ3) is 4.20. The van der Waals surface area contributed by atoms with Gasteiger partial charge in [0, 0.05) is 12.0 Å². The lowest BCUT2D eigenvalue weighted by atomic mass is 10.0. The Hall–Kier alpha value is -2.45. The zero-order chi connectivity index (χ0) is 18.4. The molecule has 3 rings (SSSR count). The van der Waals surface area contributed by atoms with Gasteiger partial charge in [-0.25, -0.2) is 0 Å². The van der Waals surface area contributed by atoms with Crippen molar-refractivity contribution in [2.24, 2.45) is 0 Å². The van der Waals surface area contributed by atoms with Gasteiger partial charge in [-0.1, -0.05) is 109 Å². The van der Waals surface area contributed by atoms with E-state index in [-0.39, 0.29) is 5.78 Å². The molecule has 0 saturated heterocycles. The average Bonchev–Trinajstić information content (AvgIpc) is 2.70. The lowest BCUT2D eigenvalue weighted by Gasteiger charge is -2.33. The topological polar surface area (TPSA) is 17.1 Å². The van der Waals surface area contributed by atoms with E-state index in [2.05, 4.69) is 73.8 Å². The van der Waals surface area contributed by atoms with E-state index < -0.39 is 8.07 Å². The second kappa shape index (κ2) is 8.28. The van der Waals surface area contributed by atoms with Gasteiger partial charge in [-0.15, -0.1) is 0 Å². The molecule has 3 aromatic carbocycles. The van der Waals surface area contributed by atoms with Crippen molar-refractivity contribution in [2.45, 2.75) is 31.5 Å². The molecule has 0 amide bonds. The molecule has 0 aromatic heterocycles. The molecule has 1 nitrogen and oxygen atoms in total. The maximum Gasteiger partial charge on any atom is 0.162 e. The fourth-order valence-corrected chi connectivity index (χ4v) is 7.09. The van der Waals surface area contributed by atoms with Crippen LogP contribution >= 0.6 is 0 Å². The van der Waals surface area contributed by atoms with Crippen molar-refractivity contribution in [3.05, 3.63) is 102 Å². The molecule has 0 aliphatic carbocycles. The number of carbonyl (C=O) groups excluding carboxylic acids is 1. The predicted octanol–water partition coefficient (Wildman–Crippen LogP) is 5.59. The summed E-state index contributed by atoms with van der Waals surface area (Å²) >= 11 is 0. The summed E-state index contributed by atoms with van der Waals surface area (Å²) in [5.41, 5.74) is 2.59. The van der Waals surface area contributed by atoms with E-state index in [4.69, 9.17) is 0 Å². The second-order valence-corrected chi connectivity index (χ2v) is 12.1. The average molecular weight is 359 g/mol. The van der Waals surface area contributed by atoms with Gasteiger partial charge < -0.3 is 0 Å². The van der Waals surface area contributed by atoms with Gasteiger partial charge in [0.05, 0.1) is 8.07 Å². The largest absolute Gasteiger partial charge is 0.294 e. The Morgan fingerprint density at radius 2 is 1.27 bits per heavy atom. The van der Waals surface area contributed by atoms with Crippen molar-refractivity contribution < 1.29 is 4.79 Å². The lowest BCUT2D eigenvalue weighted by Crippen LogP contribution is -2.47. The molecule has 3 aromatic rings. The maximum absolute atomic E-state index is 12.7. The van der Waals surface area contributed by atoms with Gasteiger partial charge in [0.25, 0.3) is 0 Å². The van der Waals surface area contributed by atoms with Crippen LogP contribution < -0.4 is 5.19 Å². The highest BCUT2D eigenvalue weighted by molar-refractivity contribution is 6.90. The highest BCUT2D eigenvalue weighted by Gasteiger charge is 2.34. The number of rotatable bonds is 7. The first kappa shape index (κ1) is 18.3. The van der Waals surface area contributed by atoms with E-state index in [1.54, 1.807) is 0 Å². The fraction of sp³-hybridized carbons (Fsp3) is 0.208. The fourth-order valence-electron chi connectivity index (χ4n) is 3.74. The Bertz CT molecular complexity index is 826. The molecule has 26 heavy (non-hydrogen) atoms. The van der Waals surface area contributed by atoms with Gasteiger partial charge in [-0.3, -0.25) is 4.79 Å². The lowest BCUT2D eigenvalue weighted by molar-refractivity contribution is 0.0979. The van der Waals surface area contributed by atoms with Crippen LogP contribution in [0.1, 0.15) is 34.3 Å². The Labute approximate surface area is 157 Å². The molecule has 132 valence electrons. The Morgan fingerprint density at radius 1 is 0.769 bits per heavy atom. The van der Waals surface area contributed by atoms with Gasteiger partial charge in [0.2, 0.25) is 0 Å². The minimum Gasteiger partial charge on any atom is -0.294 e. The highest BCUT2D eigenvalue weighted by atomic mass is 28.3. The quantitative estimate of drug-likeness (QED) is 0.397. The smallest absolute Gasteiger partial charge is 0.162 e. The summed E-state index contributed by atoms with van der Waals surface area (Å²) < 4.78 is 0. The van der Waals surface area contributed by atoms with E-state index in [0.29, 0.717) is 12.0 Å². The number of Topliss-reactive ketones (excluding diaryl/α,β-unsaturated/α-hetero) is 1. The molecule has 2 heteroatoms. The van der Waals surface area contributed by atoms with E-state index in [1.807, 2.05) is 30.3 Å². The summed E-state index contributed by atoms with van der Waals surface area (Å²) in [6, 6.07) is 31.2. The van der Waals surface area contributed by atoms with Crippen molar-refractivity contribution in [2.75, 3.05) is 0 Å². The van der Waals surface area contributed by atoms with E-state index in [0.717, 1.165) is 12.0 Å². The van der Waals surface area contributed by atoms with Gasteiger partial charge in [0.15, 0.2) is 5.78 Å². The number of hydrogen-bond donors (Lipinski definition) is 0. The van der Waals surface area contributed by atoms with Crippen LogP contribution in [-0.4, -0.2) is 13.9 Å². The number of ketones is 1. The Kier molecular flexibility index (Phi) is 5.84. The van der Waals surface area contributed by atoms with Crippen molar-refractivity contribution in [3.8, 4) is 0 Å². The van der Waals surface area contributed by atoms with Crippen molar-refractivity contribution in [1.82, 2.24) is 0 Å². The Morgan fingerprint density at radius 3 is 1.85 bits per heavy atom. The van der Waals surface area contributed by atoms with Crippen molar-refractivity contribution in [3.63, 3.8) is 0 Å². The maximum atomic E-state index is 12.7. The highest BCUT2D eigenvalue weighted by Crippen LogP contribution is 2.32. The molecule has 0 fully saturated rings. The van der Waals surface area contributed by atoms with Gasteiger partial charge in [0.1, 0.15) is 0 Å². The van der Waals surface area contributed by atoms with Crippen LogP contribution in [0.2, 0.25) is 13.1 Å². The zero-order valence-corrected chi connectivity index (χ0v) is 16.6. The summed E-state index contributed by atoms with van der Waals surface area (Å²) in [7, 11) is -1.77. The minimum absolute atomic E-state index is 0.240. The molecular formula is C24H26OSi. The van der Waals surface area contributed by atoms with Crippen LogP contribution in [0.4, 0.5) is 0 Å². The molecule has 1 unspecified atom stereocenters. The van der Waals surface area contributed by atoms with Crippen LogP contribution in [-0.2, 0) is 0 Å². The van der Waals surface area contributed by atoms with Crippen LogP contribution in [0.3, 0.4) is 0 Å². The zero-order valence-electron chi connectivity index (χ0n) is 15.6. The molecule has 0 aliphatic heterocycles. The van der Waals surface area contributed by atoms with Crippen LogP contribution in [0, 0.1) is 0 Å². The summed E-state index contributed by atoms with van der Waals surface area (Å²) in [5.74, 6) is 0.240. The first-order valence-corrected chi connectivity index (χ1v) is 12.4. The summed E-state index contributed by atoms with van der Waals surface area (Å²) in [4.78, 5) is 12.7. The molecule has 0 N–H and O–H groups in total.